The molecule has 0 saturated heterocycles. The molecule has 72 valence electrons. The molecule has 1 rings (SSSR count). The number of Topliss-reactive ketones (excluding diaryl/α,β-unsaturated/α-hetero) is 1. The third kappa shape index (κ3) is 2.60. The fraction of sp³-hybridized carbons (Fsp3) is 0.556. The average molecular weight is 199 g/mol. The second-order valence-corrected chi connectivity index (χ2v) is 3.80. The molecule has 3 nitrogen and oxygen atoms in total. The minimum atomic E-state index is 0.0812. The third-order valence-corrected chi connectivity index (χ3v) is 2.82. The summed E-state index contributed by atoms with van der Waals surface area (Å²) in [4.78, 5) is 16.1. The molecular formula is C9H13NO2S. The molecule has 0 unspecified atom stereocenters. The molecule has 0 radical (unpaired) electrons. The van der Waals surface area contributed by atoms with E-state index in [1.54, 1.807) is 6.92 Å². The number of nitrogens with zero attached hydrogens (tertiary/aromatic N) is 1. The van der Waals surface area contributed by atoms with Gasteiger partial charge >= 0.3 is 0 Å². The number of aryl methyl sites for hydroxylation is 1. The van der Waals surface area contributed by atoms with Crippen LogP contribution in [0.2, 0.25) is 0 Å². The van der Waals surface area contributed by atoms with Gasteiger partial charge in [0.25, 0.3) is 0 Å². The maximum absolute atomic E-state index is 11.1. The lowest BCUT2D eigenvalue weighted by Gasteiger charge is -1.93. The molecule has 1 aromatic heterocycles. The maximum Gasteiger partial charge on any atom is 0.171 e. The largest absolute Gasteiger partial charge is 0.375 e. The van der Waals surface area contributed by atoms with E-state index in [1.807, 2.05) is 13.8 Å². The van der Waals surface area contributed by atoms with Crippen molar-refractivity contribution in [2.75, 3.05) is 6.61 Å². The van der Waals surface area contributed by atoms with Gasteiger partial charge in [-0.25, -0.2) is 4.98 Å². The fourth-order valence-corrected chi connectivity index (χ4v) is 1.93. The van der Waals surface area contributed by atoms with Crippen LogP contribution in [0.3, 0.4) is 0 Å². The molecule has 0 fully saturated rings. The first-order chi connectivity index (χ1) is 6.15. The van der Waals surface area contributed by atoms with Gasteiger partial charge in [-0.3, -0.25) is 4.79 Å². The van der Waals surface area contributed by atoms with Crippen LogP contribution in [-0.4, -0.2) is 17.4 Å². The van der Waals surface area contributed by atoms with Crippen LogP contribution in [0.5, 0.6) is 0 Å². The summed E-state index contributed by atoms with van der Waals surface area (Å²) in [6.07, 6.45) is 0. The van der Waals surface area contributed by atoms with E-state index in [1.165, 1.54) is 11.3 Å². The van der Waals surface area contributed by atoms with Gasteiger partial charge in [0.2, 0.25) is 0 Å². The van der Waals surface area contributed by atoms with Gasteiger partial charge in [-0.05, 0) is 13.8 Å². The lowest BCUT2D eigenvalue weighted by atomic mass is 10.3. The SMILES string of the molecule is CCOCc1nc(C)c(C(C)=O)s1. The van der Waals surface area contributed by atoms with Crippen molar-refractivity contribution >= 4 is 17.1 Å². The van der Waals surface area contributed by atoms with Gasteiger partial charge in [-0.2, -0.15) is 0 Å². The minimum Gasteiger partial charge on any atom is -0.375 e. The van der Waals surface area contributed by atoms with Gasteiger partial charge in [0.15, 0.2) is 5.78 Å². The zero-order valence-corrected chi connectivity index (χ0v) is 8.90. The molecule has 4 heteroatoms. The molecular weight excluding hydrogens is 186 g/mol. The van der Waals surface area contributed by atoms with E-state index in [2.05, 4.69) is 4.98 Å². The molecule has 13 heavy (non-hydrogen) atoms. The van der Waals surface area contributed by atoms with Crippen LogP contribution in [0.1, 0.15) is 34.2 Å². The lowest BCUT2D eigenvalue weighted by molar-refractivity contribution is 0.102. The first-order valence-electron chi connectivity index (χ1n) is 4.20. The second kappa shape index (κ2) is 4.48. The predicted octanol–water partition coefficient (Wildman–Crippen LogP) is 2.19. The number of thiazole rings is 1. The Morgan fingerprint density at radius 3 is 2.77 bits per heavy atom. The number of hydrogen-bond acceptors (Lipinski definition) is 4. The summed E-state index contributed by atoms with van der Waals surface area (Å²) in [6, 6.07) is 0. The summed E-state index contributed by atoms with van der Waals surface area (Å²) < 4.78 is 5.20. The highest BCUT2D eigenvalue weighted by Gasteiger charge is 2.10. The maximum atomic E-state index is 11.1. The molecule has 0 atom stereocenters. The van der Waals surface area contributed by atoms with Crippen molar-refractivity contribution in [3.63, 3.8) is 0 Å². The van der Waals surface area contributed by atoms with Gasteiger partial charge in [0.1, 0.15) is 5.01 Å². The summed E-state index contributed by atoms with van der Waals surface area (Å²) in [5.74, 6) is 0.0812. The Morgan fingerprint density at radius 2 is 2.31 bits per heavy atom. The van der Waals surface area contributed by atoms with Crippen molar-refractivity contribution < 1.29 is 9.53 Å². The number of aromatic nitrogens is 1. The molecule has 0 aliphatic rings. The Labute approximate surface area is 81.8 Å². The summed E-state index contributed by atoms with van der Waals surface area (Å²) in [5.41, 5.74) is 0.812. The molecule has 0 aliphatic carbocycles. The summed E-state index contributed by atoms with van der Waals surface area (Å²) >= 11 is 1.42. The molecule has 0 aromatic carbocycles. The van der Waals surface area contributed by atoms with Crippen molar-refractivity contribution in [3.8, 4) is 0 Å². The van der Waals surface area contributed by atoms with Crippen molar-refractivity contribution in [3.05, 3.63) is 15.6 Å². The van der Waals surface area contributed by atoms with E-state index in [-0.39, 0.29) is 5.78 Å². The van der Waals surface area contributed by atoms with Gasteiger partial charge in [-0.1, -0.05) is 0 Å². The molecule has 0 N–H and O–H groups in total. The zero-order chi connectivity index (χ0) is 9.84. The average Bonchev–Trinajstić information content (AvgIpc) is 2.43. The lowest BCUT2D eigenvalue weighted by Crippen LogP contribution is -1.90. The van der Waals surface area contributed by atoms with Crippen LogP contribution in [0.15, 0.2) is 0 Å². The molecule has 1 aromatic rings. The van der Waals surface area contributed by atoms with Crippen molar-refractivity contribution in [2.45, 2.75) is 27.4 Å². The van der Waals surface area contributed by atoms with E-state index in [0.717, 1.165) is 15.6 Å². The van der Waals surface area contributed by atoms with E-state index < -0.39 is 0 Å². The topological polar surface area (TPSA) is 39.2 Å². The summed E-state index contributed by atoms with van der Waals surface area (Å²) in [7, 11) is 0. The molecule has 1 heterocycles. The highest BCUT2D eigenvalue weighted by Crippen LogP contribution is 2.18. The first kappa shape index (κ1) is 10.3. The highest BCUT2D eigenvalue weighted by atomic mass is 32.1. The third-order valence-electron chi connectivity index (χ3n) is 1.59. The van der Waals surface area contributed by atoms with Crippen LogP contribution in [0.4, 0.5) is 0 Å². The number of hydrogen-bond donors (Lipinski definition) is 0. The summed E-state index contributed by atoms with van der Waals surface area (Å²) in [6.45, 7) is 6.53. The Bertz CT molecular complexity index is 307. The first-order valence-corrected chi connectivity index (χ1v) is 5.01. The van der Waals surface area contributed by atoms with Crippen LogP contribution in [0.25, 0.3) is 0 Å². The molecule has 0 aliphatic heterocycles. The number of ether oxygens (including phenoxy) is 1. The number of carbonyl (C=O) groups excluding carboxylic acids is 1. The fourth-order valence-electron chi connectivity index (χ4n) is 1.03. The second-order valence-electron chi connectivity index (χ2n) is 2.72. The zero-order valence-electron chi connectivity index (χ0n) is 8.09. The van der Waals surface area contributed by atoms with Crippen LogP contribution >= 0.6 is 11.3 Å². The number of carbonyl (C=O) groups is 1. The smallest absolute Gasteiger partial charge is 0.171 e. The normalized spacial score (nSPS) is 10.4. The Morgan fingerprint density at radius 1 is 1.62 bits per heavy atom. The van der Waals surface area contributed by atoms with Gasteiger partial charge in [-0.15, -0.1) is 11.3 Å². The highest BCUT2D eigenvalue weighted by molar-refractivity contribution is 7.13. The molecule has 0 spiro atoms. The van der Waals surface area contributed by atoms with E-state index >= 15 is 0 Å². The van der Waals surface area contributed by atoms with E-state index in [9.17, 15) is 4.79 Å². The van der Waals surface area contributed by atoms with Gasteiger partial charge in [0, 0.05) is 13.5 Å². The van der Waals surface area contributed by atoms with E-state index in [0.29, 0.717) is 13.2 Å². The monoisotopic (exact) mass is 199 g/mol. The molecule has 0 bridgehead atoms. The predicted molar refractivity (Wildman–Crippen MR) is 52.2 cm³/mol. The quantitative estimate of drug-likeness (QED) is 0.698. The Hall–Kier alpha value is -0.740. The van der Waals surface area contributed by atoms with Crippen molar-refractivity contribution in [1.29, 1.82) is 0 Å². The minimum absolute atomic E-state index is 0.0812. The van der Waals surface area contributed by atoms with E-state index in [4.69, 9.17) is 4.74 Å². The van der Waals surface area contributed by atoms with Crippen LogP contribution in [-0.2, 0) is 11.3 Å². The number of rotatable bonds is 4. The summed E-state index contributed by atoms with van der Waals surface area (Å²) in [5, 5.41) is 0.879. The van der Waals surface area contributed by atoms with Crippen LogP contribution < -0.4 is 0 Å². The van der Waals surface area contributed by atoms with Crippen molar-refractivity contribution in [1.82, 2.24) is 4.98 Å². The standard InChI is InChI=1S/C9H13NO2S/c1-4-12-5-8-10-6(2)9(13-8)7(3)11/h4-5H2,1-3H3. The molecule has 0 saturated carbocycles. The Balaban J connectivity index is 2.76. The van der Waals surface area contributed by atoms with Gasteiger partial charge in [0.05, 0.1) is 17.2 Å². The van der Waals surface area contributed by atoms with Crippen molar-refractivity contribution in [2.24, 2.45) is 0 Å². The van der Waals surface area contributed by atoms with Gasteiger partial charge < -0.3 is 4.74 Å². The molecule has 0 amide bonds. The number of ketones is 1. The van der Waals surface area contributed by atoms with Crippen LogP contribution in [0, 0.1) is 6.92 Å². The Kier molecular flexibility index (Phi) is 3.57.